The molecule has 1 aromatic rings. The molecule has 90 valence electrons. The van der Waals surface area contributed by atoms with Gasteiger partial charge in [0.1, 0.15) is 5.75 Å². The lowest BCUT2D eigenvalue weighted by atomic mass is 10.3. The molecule has 0 aromatic heterocycles. The molecule has 3 nitrogen and oxygen atoms in total. The van der Waals surface area contributed by atoms with E-state index in [0.717, 1.165) is 22.5 Å². The van der Waals surface area contributed by atoms with Crippen LogP contribution in [0.3, 0.4) is 0 Å². The van der Waals surface area contributed by atoms with Crippen LogP contribution in [0.1, 0.15) is 13.8 Å². The van der Waals surface area contributed by atoms with Gasteiger partial charge in [0.2, 0.25) is 0 Å². The maximum absolute atomic E-state index is 5.44. The van der Waals surface area contributed by atoms with E-state index in [-0.39, 0.29) is 6.10 Å². The third kappa shape index (κ3) is 4.86. The lowest BCUT2D eigenvalue weighted by Crippen LogP contribution is -2.13. The lowest BCUT2D eigenvalue weighted by Gasteiger charge is -2.11. The normalized spacial score (nSPS) is 10.6. The van der Waals surface area contributed by atoms with Gasteiger partial charge in [0.05, 0.1) is 19.8 Å². The Balaban J connectivity index is 2.44. The van der Waals surface area contributed by atoms with Gasteiger partial charge >= 0.3 is 0 Å². The van der Waals surface area contributed by atoms with Crippen LogP contribution in [-0.2, 0) is 4.74 Å². The number of halogens is 1. The van der Waals surface area contributed by atoms with Crippen molar-refractivity contribution in [1.82, 2.24) is 0 Å². The summed E-state index contributed by atoms with van der Waals surface area (Å²) in [6.07, 6.45) is 0.277. The summed E-state index contributed by atoms with van der Waals surface area (Å²) in [7, 11) is 1.66. The molecule has 0 aliphatic rings. The van der Waals surface area contributed by atoms with Gasteiger partial charge in [-0.2, -0.15) is 0 Å². The summed E-state index contributed by atoms with van der Waals surface area (Å²) >= 11 is 3.43. The van der Waals surface area contributed by atoms with Crippen LogP contribution in [0.25, 0.3) is 0 Å². The molecule has 0 unspecified atom stereocenters. The molecule has 0 fully saturated rings. The van der Waals surface area contributed by atoms with Crippen molar-refractivity contribution in [2.45, 2.75) is 20.0 Å². The fourth-order valence-corrected chi connectivity index (χ4v) is 1.74. The standard InChI is InChI=1S/C12H18BrNO2/c1-9(2)16-5-4-14-11-6-10(13)7-12(8-11)15-3/h6-9,14H,4-5H2,1-3H3. The molecule has 0 aliphatic carbocycles. The fourth-order valence-electron chi connectivity index (χ4n) is 1.27. The van der Waals surface area contributed by atoms with Crippen molar-refractivity contribution in [3.63, 3.8) is 0 Å². The van der Waals surface area contributed by atoms with E-state index in [2.05, 4.69) is 21.2 Å². The SMILES string of the molecule is COc1cc(Br)cc(NCCOC(C)C)c1. The van der Waals surface area contributed by atoms with Crippen molar-refractivity contribution in [2.75, 3.05) is 25.6 Å². The minimum atomic E-state index is 0.277. The minimum absolute atomic E-state index is 0.277. The zero-order chi connectivity index (χ0) is 12.0. The number of anilines is 1. The second-order valence-electron chi connectivity index (χ2n) is 3.73. The van der Waals surface area contributed by atoms with Crippen LogP contribution in [0.4, 0.5) is 5.69 Å². The summed E-state index contributed by atoms with van der Waals surface area (Å²) in [6, 6.07) is 5.90. The Bertz CT molecular complexity index is 329. The van der Waals surface area contributed by atoms with Gasteiger partial charge in [0.15, 0.2) is 0 Å². The Morgan fingerprint density at radius 3 is 2.69 bits per heavy atom. The second-order valence-corrected chi connectivity index (χ2v) is 4.64. The Kier molecular flexibility index (Phi) is 5.63. The highest BCUT2D eigenvalue weighted by atomic mass is 79.9. The average Bonchev–Trinajstić information content (AvgIpc) is 2.23. The van der Waals surface area contributed by atoms with Gasteiger partial charge in [0.25, 0.3) is 0 Å². The smallest absolute Gasteiger partial charge is 0.122 e. The quantitative estimate of drug-likeness (QED) is 0.815. The number of methoxy groups -OCH3 is 1. The van der Waals surface area contributed by atoms with E-state index >= 15 is 0 Å². The lowest BCUT2D eigenvalue weighted by molar-refractivity contribution is 0.0870. The van der Waals surface area contributed by atoms with E-state index in [9.17, 15) is 0 Å². The van der Waals surface area contributed by atoms with Crippen LogP contribution in [0, 0.1) is 0 Å². The topological polar surface area (TPSA) is 30.5 Å². The average molecular weight is 288 g/mol. The van der Waals surface area contributed by atoms with Gasteiger partial charge in [-0.15, -0.1) is 0 Å². The molecule has 1 N–H and O–H groups in total. The molecule has 0 saturated carbocycles. The Hall–Kier alpha value is -0.740. The first kappa shape index (κ1) is 13.3. The summed E-state index contributed by atoms with van der Waals surface area (Å²) in [5.74, 6) is 0.835. The molecule has 4 heteroatoms. The third-order valence-corrected chi connectivity index (χ3v) is 2.45. The van der Waals surface area contributed by atoms with Crippen LogP contribution >= 0.6 is 15.9 Å². The van der Waals surface area contributed by atoms with Crippen molar-refractivity contribution in [3.05, 3.63) is 22.7 Å². The Morgan fingerprint density at radius 2 is 2.06 bits per heavy atom. The molecule has 1 rings (SSSR count). The van der Waals surface area contributed by atoms with Crippen LogP contribution in [0.5, 0.6) is 5.75 Å². The molecule has 0 heterocycles. The van der Waals surface area contributed by atoms with E-state index in [1.54, 1.807) is 7.11 Å². The number of rotatable bonds is 6. The van der Waals surface area contributed by atoms with Gasteiger partial charge in [0, 0.05) is 22.8 Å². The van der Waals surface area contributed by atoms with Gasteiger partial charge in [-0.05, 0) is 26.0 Å². The first-order chi connectivity index (χ1) is 7.61. The number of hydrogen-bond donors (Lipinski definition) is 1. The summed E-state index contributed by atoms with van der Waals surface area (Å²) in [4.78, 5) is 0. The molecule has 0 bridgehead atoms. The van der Waals surface area contributed by atoms with Crippen molar-refractivity contribution >= 4 is 21.6 Å². The van der Waals surface area contributed by atoms with Crippen molar-refractivity contribution in [2.24, 2.45) is 0 Å². The highest BCUT2D eigenvalue weighted by molar-refractivity contribution is 9.10. The summed E-state index contributed by atoms with van der Waals surface area (Å²) in [5.41, 5.74) is 1.03. The Labute approximate surface area is 105 Å². The summed E-state index contributed by atoms with van der Waals surface area (Å²) in [5, 5.41) is 3.28. The van der Waals surface area contributed by atoms with E-state index < -0.39 is 0 Å². The van der Waals surface area contributed by atoms with E-state index in [1.165, 1.54) is 0 Å². The Morgan fingerprint density at radius 1 is 1.31 bits per heavy atom. The third-order valence-electron chi connectivity index (χ3n) is 1.99. The molecule has 0 aliphatic heterocycles. The predicted octanol–water partition coefficient (Wildman–Crippen LogP) is 3.29. The highest BCUT2D eigenvalue weighted by Crippen LogP contribution is 2.24. The highest BCUT2D eigenvalue weighted by Gasteiger charge is 1.99. The summed E-state index contributed by atoms with van der Waals surface area (Å²) in [6.45, 7) is 5.55. The molecule has 0 amide bonds. The number of hydrogen-bond acceptors (Lipinski definition) is 3. The minimum Gasteiger partial charge on any atom is -0.497 e. The molecule has 0 saturated heterocycles. The largest absolute Gasteiger partial charge is 0.497 e. The van der Waals surface area contributed by atoms with Crippen molar-refractivity contribution in [1.29, 1.82) is 0 Å². The summed E-state index contributed by atoms with van der Waals surface area (Å²) < 4.78 is 11.6. The number of nitrogens with one attached hydrogen (secondary N) is 1. The van der Waals surface area contributed by atoms with E-state index in [0.29, 0.717) is 6.61 Å². The molecular formula is C12H18BrNO2. The molecular weight excluding hydrogens is 270 g/mol. The molecule has 16 heavy (non-hydrogen) atoms. The van der Waals surface area contributed by atoms with Crippen molar-refractivity contribution < 1.29 is 9.47 Å². The zero-order valence-electron chi connectivity index (χ0n) is 9.92. The number of ether oxygens (including phenoxy) is 2. The van der Waals surface area contributed by atoms with Gasteiger partial charge < -0.3 is 14.8 Å². The van der Waals surface area contributed by atoms with Crippen molar-refractivity contribution in [3.8, 4) is 5.75 Å². The first-order valence-electron chi connectivity index (χ1n) is 5.32. The van der Waals surface area contributed by atoms with E-state index in [4.69, 9.17) is 9.47 Å². The van der Waals surface area contributed by atoms with E-state index in [1.807, 2.05) is 32.0 Å². The maximum Gasteiger partial charge on any atom is 0.122 e. The van der Waals surface area contributed by atoms with Crippen LogP contribution < -0.4 is 10.1 Å². The molecule has 0 spiro atoms. The zero-order valence-corrected chi connectivity index (χ0v) is 11.5. The number of benzene rings is 1. The molecule has 1 aromatic carbocycles. The van der Waals surface area contributed by atoms with Crippen LogP contribution in [0.2, 0.25) is 0 Å². The van der Waals surface area contributed by atoms with Crippen LogP contribution in [0.15, 0.2) is 22.7 Å². The van der Waals surface area contributed by atoms with Gasteiger partial charge in [-0.3, -0.25) is 0 Å². The molecule has 0 radical (unpaired) electrons. The predicted molar refractivity (Wildman–Crippen MR) is 70.3 cm³/mol. The monoisotopic (exact) mass is 287 g/mol. The van der Waals surface area contributed by atoms with Crippen LogP contribution in [-0.4, -0.2) is 26.4 Å². The molecule has 0 atom stereocenters. The fraction of sp³-hybridized carbons (Fsp3) is 0.500. The first-order valence-corrected chi connectivity index (χ1v) is 6.11. The van der Waals surface area contributed by atoms with Gasteiger partial charge in [-0.25, -0.2) is 0 Å². The second kappa shape index (κ2) is 6.76. The maximum atomic E-state index is 5.44. The van der Waals surface area contributed by atoms with Gasteiger partial charge in [-0.1, -0.05) is 15.9 Å².